The Labute approximate surface area is 107 Å². The van der Waals surface area contributed by atoms with E-state index in [0.29, 0.717) is 11.3 Å². The van der Waals surface area contributed by atoms with Crippen LogP contribution < -0.4 is 15.4 Å². The summed E-state index contributed by atoms with van der Waals surface area (Å²) in [5.41, 5.74) is 6.87. The van der Waals surface area contributed by atoms with Crippen LogP contribution in [0.2, 0.25) is 0 Å². The SMILES string of the molecule is COc1ccc(N2CCN(C)CC2)c(C(N)=O)c1. The van der Waals surface area contributed by atoms with Gasteiger partial charge < -0.3 is 20.3 Å². The quantitative estimate of drug-likeness (QED) is 0.849. The Kier molecular flexibility index (Phi) is 3.72. The predicted molar refractivity (Wildman–Crippen MR) is 71.2 cm³/mol. The van der Waals surface area contributed by atoms with Gasteiger partial charge in [-0.2, -0.15) is 0 Å². The number of likely N-dealkylation sites (N-methyl/N-ethyl adjacent to an activating group) is 1. The first-order chi connectivity index (χ1) is 8.61. The first-order valence-corrected chi connectivity index (χ1v) is 6.03. The monoisotopic (exact) mass is 249 g/mol. The van der Waals surface area contributed by atoms with Crippen molar-refractivity contribution >= 4 is 11.6 Å². The summed E-state index contributed by atoms with van der Waals surface area (Å²) < 4.78 is 5.13. The highest BCUT2D eigenvalue weighted by Gasteiger charge is 2.19. The number of hydrogen-bond acceptors (Lipinski definition) is 4. The van der Waals surface area contributed by atoms with Crippen molar-refractivity contribution in [2.75, 3.05) is 45.2 Å². The highest BCUT2D eigenvalue weighted by atomic mass is 16.5. The van der Waals surface area contributed by atoms with Crippen LogP contribution in [0, 0.1) is 0 Å². The average molecular weight is 249 g/mol. The maximum atomic E-state index is 11.5. The van der Waals surface area contributed by atoms with Crippen LogP contribution in [0.3, 0.4) is 0 Å². The third-order valence-corrected chi connectivity index (χ3v) is 3.31. The van der Waals surface area contributed by atoms with Gasteiger partial charge in [0.25, 0.3) is 5.91 Å². The zero-order valence-electron chi connectivity index (χ0n) is 10.8. The lowest BCUT2D eigenvalue weighted by molar-refractivity contribution is 0.100. The molecular weight excluding hydrogens is 230 g/mol. The van der Waals surface area contributed by atoms with E-state index in [9.17, 15) is 4.79 Å². The van der Waals surface area contributed by atoms with Crippen LogP contribution in [-0.4, -0.2) is 51.1 Å². The number of nitrogens with two attached hydrogens (primary N) is 1. The standard InChI is InChI=1S/C13H19N3O2/c1-15-5-7-16(8-6-15)12-4-3-10(18-2)9-11(12)13(14)17/h3-4,9H,5-8H2,1-2H3,(H2,14,17). The summed E-state index contributed by atoms with van der Waals surface area (Å²) in [6.45, 7) is 3.79. The lowest BCUT2D eigenvalue weighted by Crippen LogP contribution is -2.45. The van der Waals surface area contributed by atoms with Gasteiger partial charge in [0, 0.05) is 31.9 Å². The van der Waals surface area contributed by atoms with Crippen molar-refractivity contribution in [1.82, 2.24) is 4.90 Å². The number of amides is 1. The number of hydrogen-bond donors (Lipinski definition) is 1. The summed E-state index contributed by atoms with van der Waals surface area (Å²) >= 11 is 0. The van der Waals surface area contributed by atoms with Gasteiger partial charge in [-0.15, -0.1) is 0 Å². The minimum Gasteiger partial charge on any atom is -0.497 e. The van der Waals surface area contributed by atoms with Crippen LogP contribution in [0.4, 0.5) is 5.69 Å². The largest absolute Gasteiger partial charge is 0.497 e. The van der Waals surface area contributed by atoms with Crippen LogP contribution in [-0.2, 0) is 0 Å². The molecule has 0 bridgehead atoms. The number of primary amides is 1. The van der Waals surface area contributed by atoms with Crippen molar-refractivity contribution < 1.29 is 9.53 Å². The highest BCUT2D eigenvalue weighted by molar-refractivity contribution is 5.99. The molecule has 5 heteroatoms. The lowest BCUT2D eigenvalue weighted by Gasteiger charge is -2.34. The minimum absolute atomic E-state index is 0.414. The van der Waals surface area contributed by atoms with E-state index >= 15 is 0 Å². The molecule has 1 aromatic rings. The van der Waals surface area contributed by atoms with E-state index in [1.807, 2.05) is 12.1 Å². The molecule has 1 aromatic carbocycles. The molecule has 0 atom stereocenters. The molecule has 0 saturated carbocycles. The Morgan fingerprint density at radius 2 is 1.94 bits per heavy atom. The van der Waals surface area contributed by atoms with Gasteiger partial charge in [0.15, 0.2) is 0 Å². The molecule has 1 aliphatic heterocycles. The lowest BCUT2D eigenvalue weighted by atomic mass is 10.1. The highest BCUT2D eigenvalue weighted by Crippen LogP contribution is 2.26. The molecule has 1 heterocycles. The van der Waals surface area contributed by atoms with Crippen LogP contribution in [0.15, 0.2) is 18.2 Å². The maximum Gasteiger partial charge on any atom is 0.250 e. The van der Waals surface area contributed by atoms with Gasteiger partial charge in [0.1, 0.15) is 5.75 Å². The molecule has 0 unspecified atom stereocenters. The molecule has 2 N–H and O–H groups in total. The van der Waals surface area contributed by atoms with Gasteiger partial charge in [-0.05, 0) is 25.2 Å². The molecule has 18 heavy (non-hydrogen) atoms. The molecule has 0 radical (unpaired) electrons. The van der Waals surface area contributed by atoms with Gasteiger partial charge in [0.05, 0.1) is 12.7 Å². The molecule has 1 amide bonds. The number of anilines is 1. The molecular formula is C13H19N3O2. The number of carbonyl (C=O) groups is 1. The second kappa shape index (κ2) is 5.27. The van der Waals surface area contributed by atoms with E-state index in [4.69, 9.17) is 10.5 Å². The van der Waals surface area contributed by atoms with Crippen LogP contribution >= 0.6 is 0 Å². The molecule has 98 valence electrons. The van der Waals surface area contributed by atoms with E-state index in [1.54, 1.807) is 13.2 Å². The van der Waals surface area contributed by atoms with Crippen molar-refractivity contribution in [3.63, 3.8) is 0 Å². The van der Waals surface area contributed by atoms with Gasteiger partial charge in [-0.25, -0.2) is 0 Å². The molecule has 0 aliphatic carbocycles. The number of nitrogens with zero attached hydrogens (tertiary/aromatic N) is 2. The zero-order valence-corrected chi connectivity index (χ0v) is 10.8. The van der Waals surface area contributed by atoms with E-state index in [1.165, 1.54) is 0 Å². The van der Waals surface area contributed by atoms with E-state index < -0.39 is 5.91 Å². The number of ether oxygens (including phenoxy) is 1. The van der Waals surface area contributed by atoms with E-state index in [2.05, 4.69) is 16.8 Å². The fraction of sp³-hybridized carbons (Fsp3) is 0.462. The molecule has 1 aliphatic rings. The summed E-state index contributed by atoms with van der Waals surface area (Å²) in [7, 11) is 3.68. The Morgan fingerprint density at radius 1 is 1.28 bits per heavy atom. The fourth-order valence-corrected chi connectivity index (χ4v) is 2.16. The van der Waals surface area contributed by atoms with Crippen LogP contribution in [0.25, 0.3) is 0 Å². The second-order valence-corrected chi connectivity index (χ2v) is 4.54. The molecule has 2 rings (SSSR count). The van der Waals surface area contributed by atoms with E-state index in [-0.39, 0.29) is 0 Å². The van der Waals surface area contributed by atoms with Crippen LogP contribution in [0.1, 0.15) is 10.4 Å². The number of piperazine rings is 1. The second-order valence-electron chi connectivity index (χ2n) is 4.54. The third kappa shape index (κ3) is 2.56. The number of methoxy groups -OCH3 is 1. The smallest absolute Gasteiger partial charge is 0.250 e. The van der Waals surface area contributed by atoms with Gasteiger partial charge in [0.2, 0.25) is 0 Å². The van der Waals surface area contributed by atoms with Crippen molar-refractivity contribution in [1.29, 1.82) is 0 Å². The molecule has 0 spiro atoms. The third-order valence-electron chi connectivity index (χ3n) is 3.31. The summed E-state index contributed by atoms with van der Waals surface area (Å²) in [5.74, 6) is 0.240. The zero-order chi connectivity index (χ0) is 13.1. The van der Waals surface area contributed by atoms with Crippen molar-refractivity contribution in [3.8, 4) is 5.75 Å². The Hall–Kier alpha value is -1.75. The maximum absolute atomic E-state index is 11.5. The van der Waals surface area contributed by atoms with Gasteiger partial charge in [-0.3, -0.25) is 4.79 Å². The van der Waals surface area contributed by atoms with E-state index in [0.717, 1.165) is 31.9 Å². The number of benzene rings is 1. The van der Waals surface area contributed by atoms with Crippen molar-refractivity contribution in [2.45, 2.75) is 0 Å². The summed E-state index contributed by atoms with van der Waals surface area (Å²) in [6, 6.07) is 5.47. The molecule has 0 aromatic heterocycles. The fourth-order valence-electron chi connectivity index (χ4n) is 2.16. The van der Waals surface area contributed by atoms with Crippen molar-refractivity contribution in [3.05, 3.63) is 23.8 Å². The van der Waals surface area contributed by atoms with Crippen LogP contribution in [0.5, 0.6) is 5.75 Å². The summed E-state index contributed by atoms with van der Waals surface area (Å²) in [4.78, 5) is 16.0. The minimum atomic E-state index is -0.414. The topological polar surface area (TPSA) is 58.8 Å². The van der Waals surface area contributed by atoms with Crippen molar-refractivity contribution in [2.24, 2.45) is 5.73 Å². The Balaban J connectivity index is 2.29. The number of rotatable bonds is 3. The molecule has 1 fully saturated rings. The first kappa shape index (κ1) is 12.7. The summed E-state index contributed by atoms with van der Waals surface area (Å²) in [6.07, 6.45) is 0. The Bertz CT molecular complexity index is 440. The Morgan fingerprint density at radius 3 is 2.50 bits per heavy atom. The predicted octanol–water partition coefficient (Wildman–Crippen LogP) is 0.546. The molecule has 1 saturated heterocycles. The first-order valence-electron chi connectivity index (χ1n) is 6.03. The van der Waals surface area contributed by atoms with Gasteiger partial charge in [-0.1, -0.05) is 0 Å². The van der Waals surface area contributed by atoms with Gasteiger partial charge >= 0.3 is 0 Å². The number of carbonyl (C=O) groups excluding carboxylic acids is 1. The molecule has 5 nitrogen and oxygen atoms in total. The normalized spacial score (nSPS) is 16.7. The summed E-state index contributed by atoms with van der Waals surface area (Å²) in [5, 5.41) is 0. The average Bonchev–Trinajstić information content (AvgIpc) is 2.39.